The fourth-order valence-electron chi connectivity index (χ4n) is 2.25. The summed E-state index contributed by atoms with van der Waals surface area (Å²) in [4.78, 5) is 13.1. The predicted molar refractivity (Wildman–Crippen MR) is 75.1 cm³/mol. The number of piperidine rings is 1. The summed E-state index contributed by atoms with van der Waals surface area (Å²) in [6.45, 7) is 5.74. The van der Waals surface area contributed by atoms with Gasteiger partial charge in [0.1, 0.15) is 5.82 Å². The van der Waals surface area contributed by atoms with E-state index in [9.17, 15) is 0 Å². The highest BCUT2D eigenvalue weighted by Crippen LogP contribution is 2.16. The summed E-state index contributed by atoms with van der Waals surface area (Å²) in [5, 5.41) is 3.52. The highest BCUT2D eigenvalue weighted by atomic mass is 15.2. The largest absolute Gasteiger partial charge is 0.367 e. The van der Waals surface area contributed by atoms with Crippen LogP contribution in [0.2, 0.25) is 0 Å². The molecule has 5 nitrogen and oxygen atoms in total. The van der Waals surface area contributed by atoms with E-state index in [4.69, 9.17) is 0 Å². The Morgan fingerprint density at radius 3 is 2.72 bits per heavy atom. The van der Waals surface area contributed by atoms with Gasteiger partial charge in [-0.3, -0.25) is 0 Å². The van der Waals surface area contributed by atoms with Gasteiger partial charge in [-0.15, -0.1) is 0 Å². The molecule has 1 fully saturated rings. The van der Waals surface area contributed by atoms with Gasteiger partial charge in [-0.2, -0.15) is 4.98 Å². The highest BCUT2D eigenvalue weighted by Gasteiger charge is 2.18. The molecule has 18 heavy (non-hydrogen) atoms. The summed E-state index contributed by atoms with van der Waals surface area (Å²) in [6, 6.07) is 2.48. The Morgan fingerprint density at radius 1 is 1.39 bits per heavy atom. The molecule has 2 heterocycles. The summed E-state index contributed by atoms with van der Waals surface area (Å²) < 4.78 is 0. The minimum absolute atomic E-state index is 0.540. The molecule has 5 heteroatoms. The van der Waals surface area contributed by atoms with E-state index in [0.717, 1.165) is 18.3 Å². The normalized spacial score (nSPS) is 17.7. The van der Waals surface area contributed by atoms with Crippen LogP contribution in [0.5, 0.6) is 0 Å². The molecule has 1 aliphatic rings. The second-order valence-corrected chi connectivity index (χ2v) is 4.99. The fraction of sp³-hybridized carbons (Fsp3) is 0.692. The molecule has 0 atom stereocenters. The Kier molecular flexibility index (Phi) is 4.36. The minimum Gasteiger partial charge on any atom is -0.367 e. The molecule has 0 saturated carbocycles. The van der Waals surface area contributed by atoms with E-state index in [-0.39, 0.29) is 0 Å². The van der Waals surface area contributed by atoms with E-state index >= 15 is 0 Å². The maximum Gasteiger partial charge on any atom is 0.226 e. The van der Waals surface area contributed by atoms with Gasteiger partial charge in [0.25, 0.3) is 0 Å². The van der Waals surface area contributed by atoms with Crippen LogP contribution >= 0.6 is 0 Å². The lowest BCUT2D eigenvalue weighted by Gasteiger charge is -2.31. The van der Waals surface area contributed by atoms with Crippen molar-refractivity contribution in [3.8, 4) is 0 Å². The van der Waals surface area contributed by atoms with E-state index in [1.165, 1.54) is 25.9 Å². The van der Waals surface area contributed by atoms with Gasteiger partial charge < -0.3 is 15.1 Å². The van der Waals surface area contributed by atoms with Gasteiger partial charge in [-0.05, 0) is 25.5 Å². The third-order valence-electron chi connectivity index (χ3n) is 3.43. The molecule has 1 N–H and O–H groups in total. The number of anilines is 2. The first-order chi connectivity index (χ1) is 8.69. The van der Waals surface area contributed by atoms with Crippen molar-refractivity contribution < 1.29 is 0 Å². The van der Waals surface area contributed by atoms with E-state index in [1.807, 2.05) is 31.3 Å². The number of hydrogen-bond acceptors (Lipinski definition) is 5. The number of hydrogen-bond donors (Lipinski definition) is 1. The maximum absolute atomic E-state index is 4.50. The SMILES string of the molecule is CCN1CCC(Nc2ccnc(N(C)C)n2)CC1. The molecule has 0 unspecified atom stereocenters. The Balaban J connectivity index is 1.92. The van der Waals surface area contributed by atoms with Crippen LogP contribution in [0.25, 0.3) is 0 Å². The van der Waals surface area contributed by atoms with Crippen molar-refractivity contribution in [1.82, 2.24) is 14.9 Å². The Bertz CT molecular complexity index is 371. The molecule has 0 amide bonds. The smallest absolute Gasteiger partial charge is 0.226 e. The number of likely N-dealkylation sites (tertiary alicyclic amines) is 1. The lowest BCUT2D eigenvalue weighted by Crippen LogP contribution is -2.39. The monoisotopic (exact) mass is 249 g/mol. The number of rotatable bonds is 4. The average Bonchev–Trinajstić information content (AvgIpc) is 2.40. The molecule has 0 spiro atoms. The molecule has 1 saturated heterocycles. The predicted octanol–water partition coefficient (Wildman–Crippen LogP) is 1.44. The second-order valence-electron chi connectivity index (χ2n) is 4.99. The molecular weight excluding hydrogens is 226 g/mol. The van der Waals surface area contributed by atoms with Crippen LogP contribution in [-0.2, 0) is 0 Å². The van der Waals surface area contributed by atoms with Crippen molar-refractivity contribution in [1.29, 1.82) is 0 Å². The van der Waals surface area contributed by atoms with Crippen molar-refractivity contribution in [2.45, 2.75) is 25.8 Å². The fourth-order valence-corrected chi connectivity index (χ4v) is 2.25. The van der Waals surface area contributed by atoms with Crippen molar-refractivity contribution in [2.75, 3.05) is 43.9 Å². The van der Waals surface area contributed by atoms with E-state index < -0.39 is 0 Å². The summed E-state index contributed by atoms with van der Waals surface area (Å²) >= 11 is 0. The Hall–Kier alpha value is -1.36. The van der Waals surface area contributed by atoms with Crippen LogP contribution in [-0.4, -0.2) is 54.6 Å². The summed E-state index contributed by atoms with van der Waals surface area (Å²) in [6.07, 6.45) is 4.19. The highest BCUT2D eigenvalue weighted by molar-refractivity contribution is 5.41. The number of nitrogens with one attached hydrogen (secondary N) is 1. The van der Waals surface area contributed by atoms with Gasteiger partial charge in [-0.25, -0.2) is 4.98 Å². The third kappa shape index (κ3) is 3.32. The van der Waals surface area contributed by atoms with Gasteiger partial charge in [0.15, 0.2) is 0 Å². The number of nitrogens with zero attached hydrogens (tertiary/aromatic N) is 4. The molecule has 0 radical (unpaired) electrons. The zero-order chi connectivity index (χ0) is 13.0. The standard InChI is InChI=1S/C13H23N5/c1-4-18-9-6-11(7-10-18)15-12-5-8-14-13(16-12)17(2)3/h5,8,11H,4,6-7,9-10H2,1-3H3,(H,14,15,16). The van der Waals surface area contributed by atoms with Gasteiger partial charge >= 0.3 is 0 Å². The topological polar surface area (TPSA) is 44.3 Å². The van der Waals surface area contributed by atoms with Crippen LogP contribution < -0.4 is 10.2 Å². The molecule has 1 aromatic heterocycles. The van der Waals surface area contributed by atoms with Crippen LogP contribution in [0, 0.1) is 0 Å². The van der Waals surface area contributed by atoms with Crippen molar-refractivity contribution >= 4 is 11.8 Å². The van der Waals surface area contributed by atoms with Crippen molar-refractivity contribution in [3.05, 3.63) is 12.3 Å². The van der Waals surface area contributed by atoms with E-state index in [1.54, 1.807) is 0 Å². The van der Waals surface area contributed by atoms with Gasteiger partial charge in [0.2, 0.25) is 5.95 Å². The van der Waals surface area contributed by atoms with Crippen molar-refractivity contribution in [3.63, 3.8) is 0 Å². The van der Waals surface area contributed by atoms with E-state index in [2.05, 4.69) is 27.1 Å². The van der Waals surface area contributed by atoms with Crippen LogP contribution in [0.15, 0.2) is 12.3 Å². The summed E-state index contributed by atoms with van der Waals surface area (Å²) in [7, 11) is 3.91. The number of aromatic nitrogens is 2. The lowest BCUT2D eigenvalue weighted by atomic mass is 10.1. The van der Waals surface area contributed by atoms with Crippen LogP contribution in [0.3, 0.4) is 0 Å². The molecule has 0 aromatic carbocycles. The van der Waals surface area contributed by atoms with Crippen molar-refractivity contribution in [2.24, 2.45) is 0 Å². The van der Waals surface area contributed by atoms with E-state index in [0.29, 0.717) is 6.04 Å². The zero-order valence-corrected chi connectivity index (χ0v) is 11.6. The van der Waals surface area contributed by atoms with Gasteiger partial charge in [0, 0.05) is 39.4 Å². The van der Waals surface area contributed by atoms with Crippen LogP contribution in [0.4, 0.5) is 11.8 Å². The molecule has 0 bridgehead atoms. The van der Waals surface area contributed by atoms with Gasteiger partial charge in [0.05, 0.1) is 0 Å². The molecule has 1 aromatic rings. The maximum atomic E-state index is 4.50. The molecule has 0 aliphatic carbocycles. The first-order valence-electron chi connectivity index (χ1n) is 6.68. The van der Waals surface area contributed by atoms with Crippen LogP contribution in [0.1, 0.15) is 19.8 Å². The zero-order valence-electron chi connectivity index (χ0n) is 11.6. The third-order valence-corrected chi connectivity index (χ3v) is 3.43. The molecule has 2 rings (SSSR count). The second kappa shape index (κ2) is 6.00. The molecular formula is C13H23N5. The molecule has 1 aliphatic heterocycles. The Labute approximate surface area is 109 Å². The Morgan fingerprint density at radius 2 is 2.11 bits per heavy atom. The first kappa shape index (κ1) is 13.1. The molecule has 100 valence electrons. The lowest BCUT2D eigenvalue weighted by molar-refractivity contribution is 0.229. The average molecular weight is 249 g/mol. The quantitative estimate of drug-likeness (QED) is 0.874. The minimum atomic E-state index is 0.540. The first-order valence-corrected chi connectivity index (χ1v) is 6.68. The van der Waals surface area contributed by atoms with Gasteiger partial charge in [-0.1, -0.05) is 6.92 Å². The summed E-state index contributed by atoms with van der Waals surface area (Å²) in [5.41, 5.74) is 0. The summed E-state index contributed by atoms with van der Waals surface area (Å²) in [5.74, 6) is 1.69.